The fourth-order valence-electron chi connectivity index (χ4n) is 1.08. The number of hydrogen-bond donors (Lipinski definition) is 5. The molecule has 0 radical (unpaired) electrons. The first kappa shape index (κ1) is 11.1. The number of anilines is 1. The maximum Gasteiger partial charge on any atom is 0.267 e. The number of amidine groups is 1. The van der Waals surface area contributed by atoms with Gasteiger partial charge in [0.1, 0.15) is 5.69 Å². The lowest BCUT2D eigenvalue weighted by Crippen LogP contribution is -2.27. The summed E-state index contributed by atoms with van der Waals surface area (Å²) in [5.74, 6) is -0.129. The molecule has 6 heteroatoms. The van der Waals surface area contributed by atoms with Crippen LogP contribution >= 0.6 is 0 Å². The van der Waals surface area contributed by atoms with Crippen molar-refractivity contribution in [3.05, 3.63) is 18.0 Å². The molecule has 82 valence electrons. The van der Waals surface area contributed by atoms with Gasteiger partial charge in [0.15, 0.2) is 0 Å². The third-order valence-electron chi connectivity index (χ3n) is 1.90. The van der Waals surface area contributed by atoms with Gasteiger partial charge in [0.05, 0.1) is 11.5 Å². The van der Waals surface area contributed by atoms with Crippen LogP contribution in [0.2, 0.25) is 0 Å². The molecule has 6 nitrogen and oxygen atoms in total. The largest absolute Gasteiger partial charge is 0.388 e. The van der Waals surface area contributed by atoms with E-state index in [4.69, 9.17) is 11.1 Å². The first-order valence-corrected chi connectivity index (χ1v) is 4.60. The van der Waals surface area contributed by atoms with E-state index in [0.29, 0.717) is 18.7 Å². The van der Waals surface area contributed by atoms with Gasteiger partial charge in [-0.15, -0.1) is 0 Å². The van der Waals surface area contributed by atoms with E-state index in [2.05, 4.69) is 15.6 Å². The lowest BCUT2D eigenvalue weighted by atomic mass is 10.3. The fraction of sp³-hybridized carbons (Fsp3) is 0.333. The highest BCUT2D eigenvalue weighted by Crippen LogP contribution is 2.07. The van der Waals surface area contributed by atoms with Gasteiger partial charge in [-0.1, -0.05) is 0 Å². The average Bonchev–Trinajstić information content (AvgIpc) is 2.65. The molecule has 0 saturated carbocycles. The Morgan fingerprint density at radius 2 is 2.40 bits per heavy atom. The molecule has 0 aliphatic rings. The van der Waals surface area contributed by atoms with Crippen LogP contribution in [-0.2, 0) is 0 Å². The van der Waals surface area contributed by atoms with Crippen molar-refractivity contribution in [1.82, 2.24) is 10.3 Å². The molecular weight excluding hydrogens is 194 g/mol. The van der Waals surface area contributed by atoms with Crippen LogP contribution in [0.5, 0.6) is 0 Å². The van der Waals surface area contributed by atoms with Crippen molar-refractivity contribution in [3.8, 4) is 0 Å². The van der Waals surface area contributed by atoms with Crippen molar-refractivity contribution in [3.63, 3.8) is 0 Å². The lowest BCUT2D eigenvalue weighted by molar-refractivity contribution is 0.0950. The van der Waals surface area contributed by atoms with E-state index >= 15 is 0 Å². The van der Waals surface area contributed by atoms with Crippen LogP contribution in [0.15, 0.2) is 12.3 Å². The van der Waals surface area contributed by atoms with E-state index < -0.39 is 0 Å². The van der Waals surface area contributed by atoms with Crippen LogP contribution in [0.3, 0.4) is 0 Å². The summed E-state index contributed by atoms with van der Waals surface area (Å²) in [6.45, 7) is 0.377. The van der Waals surface area contributed by atoms with Gasteiger partial charge < -0.3 is 21.4 Å². The Bertz CT molecular complexity index is 357. The van der Waals surface area contributed by atoms with Crippen LogP contribution in [-0.4, -0.2) is 30.3 Å². The molecule has 1 aromatic rings. The Kier molecular flexibility index (Phi) is 3.73. The summed E-state index contributed by atoms with van der Waals surface area (Å²) in [5.41, 5.74) is 6.50. The van der Waals surface area contributed by atoms with Crippen molar-refractivity contribution in [2.75, 3.05) is 18.9 Å². The normalized spacial score (nSPS) is 9.67. The third-order valence-corrected chi connectivity index (χ3v) is 1.90. The van der Waals surface area contributed by atoms with Gasteiger partial charge in [-0.25, -0.2) is 0 Å². The zero-order chi connectivity index (χ0) is 11.3. The van der Waals surface area contributed by atoms with Crippen LogP contribution in [0.1, 0.15) is 16.9 Å². The monoisotopic (exact) mass is 209 g/mol. The van der Waals surface area contributed by atoms with E-state index in [9.17, 15) is 4.79 Å². The van der Waals surface area contributed by atoms with Gasteiger partial charge in [-0.2, -0.15) is 0 Å². The van der Waals surface area contributed by atoms with Crippen molar-refractivity contribution >= 4 is 17.4 Å². The van der Waals surface area contributed by atoms with Gasteiger partial charge >= 0.3 is 0 Å². The zero-order valence-electron chi connectivity index (χ0n) is 8.55. The quantitative estimate of drug-likeness (QED) is 0.351. The second kappa shape index (κ2) is 5.04. The van der Waals surface area contributed by atoms with E-state index in [1.54, 1.807) is 19.3 Å². The topological polar surface area (TPSA) is 107 Å². The molecule has 0 fully saturated rings. The molecule has 0 saturated heterocycles. The second-order valence-electron chi connectivity index (χ2n) is 3.08. The molecule has 0 bridgehead atoms. The highest BCUT2D eigenvalue weighted by Gasteiger charge is 2.06. The Hall–Kier alpha value is -1.98. The summed E-state index contributed by atoms with van der Waals surface area (Å²) < 4.78 is 0. The van der Waals surface area contributed by atoms with Gasteiger partial charge in [0, 0.05) is 26.2 Å². The molecule has 0 aromatic carbocycles. The second-order valence-corrected chi connectivity index (χ2v) is 3.08. The highest BCUT2D eigenvalue weighted by molar-refractivity contribution is 5.93. The Morgan fingerprint density at radius 1 is 1.67 bits per heavy atom. The summed E-state index contributed by atoms with van der Waals surface area (Å²) >= 11 is 0. The lowest BCUT2D eigenvalue weighted by Gasteiger charge is -2.01. The van der Waals surface area contributed by atoms with Crippen LogP contribution < -0.4 is 16.4 Å². The number of H-pyrrole nitrogens is 1. The standard InChI is InChI=1S/C9H15N5O/c1-12-6-4-7(14-5-6)9(15)13-3-2-8(10)11/h4-5,12,14H,2-3H2,1H3,(H3,10,11)(H,13,15). The Morgan fingerprint density at radius 3 is 2.93 bits per heavy atom. The van der Waals surface area contributed by atoms with Crippen molar-refractivity contribution in [2.45, 2.75) is 6.42 Å². The third kappa shape index (κ3) is 3.34. The van der Waals surface area contributed by atoms with Crippen molar-refractivity contribution in [1.29, 1.82) is 5.41 Å². The molecule has 0 aliphatic heterocycles. The first-order valence-electron chi connectivity index (χ1n) is 4.60. The number of aromatic amines is 1. The zero-order valence-corrected chi connectivity index (χ0v) is 8.55. The molecule has 15 heavy (non-hydrogen) atoms. The maximum atomic E-state index is 11.5. The molecule has 1 aromatic heterocycles. The van der Waals surface area contributed by atoms with E-state index in [-0.39, 0.29) is 11.7 Å². The predicted octanol–water partition coefficient (Wildman–Crippen LogP) is 0.112. The molecule has 0 atom stereocenters. The Balaban J connectivity index is 2.43. The van der Waals surface area contributed by atoms with Crippen LogP contribution in [0, 0.1) is 5.41 Å². The molecule has 6 N–H and O–H groups in total. The highest BCUT2D eigenvalue weighted by atomic mass is 16.1. The molecule has 0 unspecified atom stereocenters. The summed E-state index contributed by atoms with van der Waals surface area (Å²) in [6, 6.07) is 1.71. The first-order chi connectivity index (χ1) is 7.13. The molecule has 0 spiro atoms. The molecule has 1 heterocycles. The number of nitrogens with one attached hydrogen (secondary N) is 4. The number of nitrogens with two attached hydrogens (primary N) is 1. The SMILES string of the molecule is CNc1c[nH]c(C(=O)NCCC(=N)N)c1. The summed E-state index contributed by atoms with van der Waals surface area (Å²) in [5, 5.41) is 12.5. The molecule has 1 amide bonds. The summed E-state index contributed by atoms with van der Waals surface area (Å²) in [4.78, 5) is 14.3. The van der Waals surface area contributed by atoms with Crippen LogP contribution in [0.25, 0.3) is 0 Å². The van der Waals surface area contributed by atoms with E-state index in [1.165, 1.54) is 0 Å². The predicted molar refractivity (Wildman–Crippen MR) is 59.2 cm³/mol. The number of carbonyl (C=O) groups excluding carboxylic acids is 1. The van der Waals surface area contributed by atoms with Crippen molar-refractivity contribution < 1.29 is 4.79 Å². The number of hydrogen-bond acceptors (Lipinski definition) is 3. The molecule has 0 aliphatic carbocycles. The number of carbonyl (C=O) groups is 1. The Labute approximate surface area is 87.8 Å². The van der Waals surface area contributed by atoms with Gasteiger partial charge in [0.2, 0.25) is 0 Å². The number of aromatic nitrogens is 1. The summed E-state index contributed by atoms with van der Waals surface area (Å²) in [7, 11) is 1.78. The van der Waals surface area contributed by atoms with Gasteiger partial charge in [-0.05, 0) is 6.07 Å². The number of amides is 1. The van der Waals surface area contributed by atoms with Gasteiger partial charge in [0.25, 0.3) is 5.91 Å². The fourth-order valence-corrected chi connectivity index (χ4v) is 1.08. The maximum absolute atomic E-state index is 11.5. The average molecular weight is 209 g/mol. The smallest absolute Gasteiger partial charge is 0.267 e. The molecule has 1 rings (SSSR count). The minimum Gasteiger partial charge on any atom is -0.388 e. The minimum absolute atomic E-state index is 0.0673. The number of rotatable bonds is 5. The van der Waals surface area contributed by atoms with Crippen molar-refractivity contribution in [2.24, 2.45) is 5.73 Å². The van der Waals surface area contributed by atoms with E-state index in [0.717, 1.165) is 5.69 Å². The van der Waals surface area contributed by atoms with Crippen LogP contribution in [0.4, 0.5) is 5.69 Å². The molecular formula is C9H15N5O. The van der Waals surface area contributed by atoms with Gasteiger partial charge in [-0.3, -0.25) is 10.2 Å². The van der Waals surface area contributed by atoms with E-state index in [1.807, 2.05) is 0 Å². The summed E-state index contributed by atoms with van der Waals surface area (Å²) in [6.07, 6.45) is 2.07. The minimum atomic E-state index is -0.197.